The van der Waals surface area contributed by atoms with Crippen LogP contribution in [-0.4, -0.2) is 58.2 Å². The molecule has 0 radical (unpaired) electrons. The maximum atomic E-state index is 13.8. The number of amides is 1. The summed E-state index contributed by atoms with van der Waals surface area (Å²) in [6, 6.07) is 5.91. The molecule has 2 saturated heterocycles. The van der Waals surface area contributed by atoms with Gasteiger partial charge in [0.25, 0.3) is 0 Å². The zero-order valence-electron chi connectivity index (χ0n) is 16.8. The molecule has 160 valence electrons. The fourth-order valence-electron chi connectivity index (χ4n) is 4.21. The third kappa shape index (κ3) is 4.92. The number of hydrogen-bond donors (Lipinski definition) is 0. The molecule has 8 heteroatoms. The third-order valence-corrected chi connectivity index (χ3v) is 5.95. The van der Waals surface area contributed by atoms with Crippen LogP contribution in [-0.2, 0) is 11.3 Å². The molecule has 0 aliphatic carbocycles. The molecule has 1 aromatic carbocycles. The normalized spacial score (nSPS) is 19.1. The minimum absolute atomic E-state index is 0.0509. The smallest absolute Gasteiger partial charge is 0.225 e. The molecule has 4 rings (SSSR count). The lowest BCUT2D eigenvalue weighted by Crippen LogP contribution is -2.47. The topological polar surface area (TPSA) is 58.6 Å². The fraction of sp³-hybridized carbons (Fsp3) is 0.500. The second-order valence-corrected chi connectivity index (χ2v) is 8.00. The highest BCUT2D eigenvalue weighted by Crippen LogP contribution is 2.26. The van der Waals surface area contributed by atoms with Gasteiger partial charge in [-0.3, -0.25) is 9.69 Å². The summed E-state index contributed by atoms with van der Waals surface area (Å²) in [4.78, 5) is 17.2. The molecule has 2 fully saturated rings. The Morgan fingerprint density at radius 3 is 2.50 bits per heavy atom. The van der Waals surface area contributed by atoms with Crippen molar-refractivity contribution in [2.45, 2.75) is 38.3 Å². The predicted octanol–water partition coefficient (Wildman–Crippen LogP) is 3.04. The molecule has 2 aromatic rings. The highest BCUT2D eigenvalue weighted by Gasteiger charge is 2.31. The largest absolute Gasteiger partial charge is 0.487 e. The zero-order valence-corrected chi connectivity index (χ0v) is 16.8. The van der Waals surface area contributed by atoms with Crippen LogP contribution in [0.5, 0.6) is 5.75 Å². The number of carbonyl (C=O) groups is 1. The molecule has 0 spiro atoms. The molecular weight excluding hydrogens is 390 g/mol. The number of benzene rings is 1. The number of hydrogen-bond acceptors (Lipinski definition) is 5. The van der Waals surface area contributed by atoms with Gasteiger partial charge in [-0.25, -0.2) is 4.39 Å². The van der Waals surface area contributed by atoms with Crippen LogP contribution in [0, 0.1) is 17.6 Å². The first kappa shape index (κ1) is 20.7. The summed E-state index contributed by atoms with van der Waals surface area (Å²) < 4.78 is 32.8. The van der Waals surface area contributed by atoms with E-state index in [0.717, 1.165) is 44.1 Å². The van der Waals surface area contributed by atoms with E-state index in [-0.39, 0.29) is 23.7 Å². The SMILES string of the molecule is O=C(C1CCN(Cc2ccnnc2)CC1)N1CCC(Oc2cccc(F)c2F)CC1. The van der Waals surface area contributed by atoms with Gasteiger partial charge in [-0.05, 0) is 49.7 Å². The van der Waals surface area contributed by atoms with Gasteiger partial charge in [-0.15, -0.1) is 0 Å². The molecule has 1 amide bonds. The van der Waals surface area contributed by atoms with Gasteiger partial charge in [-0.1, -0.05) is 6.07 Å². The number of carbonyl (C=O) groups excluding carboxylic acids is 1. The van der Waals surface area contributed by atoms with E-state index in [1.54, 1.807) is 12.4 Å². The lowest BCUT2D eigenvalue weighted by atomic mass is 9.94. The van der Waals surface area contributed by atoms with Crippen molar-refractivity contribution < 1.29 is 18.3 Å². The Hall–Kier alpha value is -2.61. The molecule has 0 unspecified atom stereocenters. The van der Waals surface area contributed by atoms with Gasteiger partial charge in [0.1, 0.15) is 6.10 Å². The molecule has 1 aromatic heterocycles. The molecule has 30 heavy (non-hydrogen) atoms. The average Bonchev–Trinajstić information content (AvgIpc) is 2.78. The second-order valence-electron chi connectivity index (χ2n) is 8.00. The highest BCUT2D eigenvalue weighted by atomic mass is 19.2. The van der Waals surface area contributed by atoms with E-state index in [0.29, 0.717) is 25.9 Å². The standard InChI is InChI=1S/C22H26F2N4O2/c23-19-2-1-3-20(21(19)24)30-18-7-12-28(13-8-18)22(29)17-5-10-27(11-6-17)15-16-4-9-25-26-14-16/h1-4,9,14,17-18H,5-8,10-13,15H2. The number of halogens is 2. The predicted molar refractivity (Wildman–Crippen MR) is 107 cm³/mol. The zero-order chi connectivity index (χ0) is 20.9. The molecular formula is C22H26F2N4O2. The summed E-state index contributed by atoms with van der Waals surface area (Å²) in [5, 5.41) is 7.71. The number of piperidine rings is 2. The van der Waals surface area contributed by atoms with E-state index >= 15 is 0 Å². The van der Waals surface area contributed by atoms with Crippen LogP contribution in [0.2, 0.25) is 0 Å². The van der Waals surface area contributed by atoms with E-state index in [2.05, 4.69) is 15.1 Å². The van der Waals surface area contributed by atoms with E-state index in [1.807, 2.05) is 11.0 Å². The summed E-state index contributed by atoms with van der Waals surface area (Å²) in [5.41, 5.74) is 1.13. The van der Waals surface area contributed by atoms with Gasteiger partial charge in [0, 0.05) is 44.6 Å². The molecule has 6 nitrogen and oxygen atoms in total. The molecule has 3 heterocycles. The maximum absolute atomic E-state index is 13.8. The summed E-state index contributed by atoms with van der Waals surface area (Å²) in [5.74, 6) is -1.67. The van der Waals surface area contributed by atoms with Crippen molar-refractivity contribution in [1.82, 2.24) is 20.0 Å². The van der Waals surface area contributed by atoms with Crippen molar-refractivity contribution in [3.8, 4) is 5.75 Å². The minimum Gasteiger partial charge on any atom is -0.487 e. The summed E-state index contributed by atoms with van der Waals surface area (Å²) in [6.07, 6.45) is 6.21. The Morgan fingerprint density at radius 2 is 1.80 bits per heavy atom. The Balaban J connectivity index is 1.22. The molecule has 0 atom stereocenters. The van der Waals surface area contributed by atoms with Crippen LogP contribution in [0.15, 0.2) is 36.7 Å². The molecule has 2 aliphatic heterocycles. The van der Waals surface area contributed by atoms with Gasteiger partial charge in [0.2, 0.25) is 11.7 Å². The first-order chi connectivity index (χ1) is 14.6. The average molecular weight is 416 g/mol. The Morgan fingerprint density at radius 1 is 1.03 bits per heavy atom. The monoisotopic (exact) mass is 416 g/mol. The number of rotatable bonds is 5. The van der Waals surface area contributed by atoms with Gasteiger partial charge in [-0.2, -0.15) is 14.6 Å². The van der Waals surface area contributed by atoms with Gasteiger partial charge < -0.3 is 9.64 Å². The van der Waals surface area contributed by atoms with Crippen molar-refractivity contribution in [2.75, 3.05) is 26.2 Å². The van der Waals surface area contributed by atoms with Crippen molar-refractivity contribution in [2.24, 2.45) is 5.92 Å². The van der Waals surface area contributed by atoms with Crippen LogP contribution >= 0.6 is 0 Å². The quantitative estimate of drug-likeness (QED) is 0.750. The van der Waals surface area contributed by atoms with Gasteiger partial charge in [0.15, 0.2) is 11.6 Å². The molecule has 0 saturated carbocycles. The lowest BCUT2D eigenvalue weighted by molar-refractivity contribution is -0.139. The van der Waals surface area contributed by atoms with Crippen molar-refractivity contribution >= 4 is 5.91 Å². The number of aromatic nitrogens is 2. The summed E-state index contributed by atoms with van der Waals surface area (Å²) >= 11 is 0. The molecule has 2 aliphatic rings. The van der Waals surface area contributed by atoms with Crippen LogP contribution in [0.25, 0.3) is 0 Å². The number of likely N-dealkylation sites (tertiary alicyclic amines) is 2. The lowest BCUT2D eigenvalue weighted by Gasteiger charge is -2.37. The van der Waals surface area contributed by atoms with Crippen molar-refractivity contribution in [1.29, 1.82) is 0 Å². The van der Waals surface area contributed by atoms with Crippen LogP contribution in [0.4, 0.5) is 8.78 Å². The summed E-state index contributed by atoms with van der Waals surface area (Å²) in [6.45, 7) is 3.77. The Labute approximate surface area is 174 Å². The second kappa shape index (κ2) is 9.47. The van der Waals surface area contributed by atoms with E-state index < -0.39 is 11.6 Å². The van der Waals surface area contributed by atoms with Gasteiger partial charge >= 0.3 is 0 Å². The number of ether oxygens (including phenoxy) is 1. The first-order valence-electron chi connectivity index (χ1n) is 10.5. The van der Waals surface area contributed by atoms with E-state index in [9.17, 15) is 13.6 Å². The van der Waals surface area contributed by atoms with Crippen LogP contribution in [0.1, 0.15) is 31.2 Å². The highest BCUT2D eigenvalue weighted by molar-refractivity contribution is 5.79. The minimum atomic E-state index is -0.953. The first-order valence-corrected chi connectivity index (χ1v) is 10.5. The number of nitrogens with zero attached hydrogens (tertiary/aromatic N) is 4. The van der Waals surface area contributed by atoms with E-state index in [1.165, 1.54) is 12.1 Å². The molecule has 0 bridgehead atoms. The Kier molecular flexibility index (Phi) is 6.52. The van der Waals surface area contributed by atoms with E-state index in [4.69, 9.17) is 4.74 Å². The maximum Gasteiger partial charge on any atom is 0.225 e. The molecule has 0 N–H and O–H groups in total. The van der Waals surface area contributed by atoms with Gasteiger partial charge in [0.05, 0.1) is 6.20 Å². The Bertz CT molecular complexity index is 851. The van der Waals surface area contributed by atoms with Crippen molar-refractivity contribution in [3.05, 3.63) is 53.9 Å². The van der Waals surface area contributed by atoms with Crippen molar-refractivity contribution in [3.63, 3.8) is 0 Å². The van der Waals surface area contributed by atoms with Crippen LogP contribution in [0.3, 0.4) is 0 Å². The summed E-state index contributed by atoms with van der Waals surface area (Å²) in [7, 11) is 0. The third-order valence-electron chi connectivity index (χ3n) is 5.95. The fourth-order valence-corrected chi connectivity index (χ4v) is 4.21. The van der Waals surface area contributed by atoms with Crippen LogP contribution < -0.4 is 4.74 Å².